The molecule has 2 N–H and O–H groups in total. The molecule has 0 saturated carbocycles. The minimum Gasteiger partial charge on any atom is -0.496 e. The predicted octanol–water partition coefficient (Wildman–Crippen LogP) is 17.8. The van der Waals surface area contributed by atoms with E-state index in [1.807, 2.05) is 114 Å². The van der Waals surface area contributed by atoms with Crippen LogP contribution in [0.4, 0.5) is 27.2 Å². The van der Waals surface area contributed by atoms with Gasteiger partial charge in [0.05, 0.1) is 97.5 Å². The molecular weight excluding hydrogens is 1480 g/mol. The number of ether oxygens (including phenoxy) is 6. The van der Waals surface area contributed by atoms with Crippen molar-refractivity contribution in [2.45, 2.75) is 143 Å². The van der Waals surface area contributed by atoms with E-state index in [-0.39, 0.29) is 50.1 Å². The summed E-state index contributed by atoms with van der Waals surface area (Å²) in [6.45, 7) is 16.2. The number of hydrogen-bond donors (Lipinski definition) is 2. The van der Waals surface area contributed by atoms with E-state index in [1.54, 1.807) is 82.2 Å². The summed E-state index contributed by atoms with van der Waals surface area (Å²) in [7, 11) is 6.08. The van der Waals surface area contributed by atoms with Crippen molar-refractivity contribution in [3.63, 3.8) is 0 Å². The number of carbonyl (C=O) groups is 4. The van der Waals surface area contributed by atoms with Gasteiger partial charge in [-0.1, -0.05) is 107 Å². The third-order valence-electron chi connectivity index (χ3n) is 18.2. The number of amides is 4. The molecule has 4 aromatic carbocycles. The van der Waals surface area contributed by atoms with Crippen LogP contribution < -0.4 is 29.6 Å². The first-order chi connectivity index (χ1) is 51.4. The maximum atomic E-state index is 13.5. The molecule has 2 fully saturated rings. The van der Waals surface area contributed by atoms with Crippen molar-refractivity contribution >= 4 is 70.4 Å². The van der Waals surface area contributed by atoms with E-state index in [2.05, 4.69) is 20.6 Å². The van der Waals surface area contributed by atoms with Gasteiger partial charge in [0.15, 0.2) is 0 Å². The molecule has 6 heterocycles. The Kier molecular flexibility index (Phi) is 28.7. The van der Waals surface area contributed by atoms with Crippen molar-refractivity contribution < 1.29 is 65.2 Å². The first kappa shape index (κ1) is 83.0. The van der Waals surface area contributed by atoms with E-state index in [1.165, 1.54) is 28.4 Å². The van der Waals surface area contributed by atoms with E-state index >= 15 is 0 Å². The normalized spacial score (nSPS) is 13.6. The lowest BCUT2D eigenvalue weighted by molar-refractivity contribution is -0.131. The highest BCUT2D eigenvalue weighted by Gasteiger charge is 2.35. The first-order valence-electron chi connectivity index (χ1n) is 35.2. The van der Waals surface area contributed by atoms with Crippen molar-refractivity contribution in [2.75, 3.05) is 67.7 Å². The molecule has 0 unspecified atom stereocenters. The largest absolute Gasteiger partial charge is 0.496 e. The standard InChI is InChI=1S/2C40H45Cl2F2N5O5/c2*1-24(50)48-18-15-28(16-19-48)49(39(51)54-40(2,3)4)23-27-12-13-32(47-38(27)53-6)31-9-7-8-29(35(31)41)30-14-17-46-37(36(30)42)25-10-11-26(33(20-25)52-5)21-45-22-34(43)44/h2*7-14,17,20,28,34,45H,15-16,18-19,21-23H2,1-6H3. The van der Waals surface area contributed by atoms with Gasteiger partial charge in [-0.3, -0.25) is 19.6 Å². The van der Waals surface area contributed by atoms with Gasteiger partial charge >= 0.3 is 12.2 Å². The second kappa shape index (κ2) is 37.4. The van der Waals surface area contributed by atoms with Crippen molar-refractivity contribution in [1.82, 2.24) is 50.2 Å². The Hall–Kier alpha value is -9.04. The molecule has 4 amide bonds. The van der Waals surface area contributed by atoms with Gasteiger partial charge in [0.25, 0.3) is 12.9 Å². The average molecular weight is 1570 g/mol. The quantitative estimate of drug-likeness (QED) is 0.0539. The van der Waals surface area contributed by atoms with E-state index < -0.39 is 49.3 Å². The zero-order valence-corrected chi connectivity index (χ0v) is 65.5. The average Bonchev–Trinajstić information content (AvgIpc) is 0.784. The number of nitrogens with one attached hydrogen (secondary N) is 2. The molecule has 0 bridgehead atoms. The van der Waals surface area contributed by atoms with Gasteiger partial charge in [-0.25, -0.2) is 37.1 Å². The predicted molar refractivity (Wildman–Crippen MR) is 412 cm³/mol. The molecule has 2 aliphatic heterocycles. The third-order valence-corrected chi connectivity index (χ3v) is 19.7. The van der Waals surface area contributed by atoms with Crippen molar-refractivity contribution in [1.29, 1.82) is 0 Å². The minimum absolute atomic E-state index is 0.0140. The van der Waals surface area contributed by atoms with Gasteiger partial charge in [0.1, 0.15) is 22.7 Å². The first-order valence-corrected chi connectivity index (χ1v) is 36.7. The number of methoxy groups -OCH3 is 4. The Morgan fingerprint density at radius 2 is 0.824 bits per heavy atom. The number of aromatic nitrogens is 4. The Morgan fingerprint density at radius 1 is 0.481 bits per heavy atom. The lowest BCUT2D eigenvalue weighted by atomic mass is 9.99. The summed E-state index contributed by atoms with van der Waals surface area (Å²) in [5.74, 6) is 1.70. The number of nitrogens with zero attached hydrogens (tertiary/aromatic N) is 8. The number of benzene rings is 4. The molecule has 576 valence electrons. The highest BCUT2D eigenvalue weighted by Crippen LogP contribution is 2.45. The Morgan fingerprint density at radius 3 is 1.15 bits per heavy atom. The number of alkyl halides is 4. The van der Waals surface area contributed by atoms with Gasteiger partial charge in [-0.05, 0) is 116 Å². The third kappa shape index (κ3) is 21.3. The maximum absolute atomic E-state index is 13.5. The molecular formula is C80H90Cl4F4N10O10. The number of carbonyl (C=O) groups excluding carboxylic acids is 4. The van der Waals surface area contributed by atoms with Crippen LogP contribution in [0.25, 0.3) is 67.3 Å². The molecule has 108 heavy (non-hydrogen) atoms. The molecule has 8 aromatic rings. The summed E-state index contributed by atoms with van der Waals surface area (Å²) >= 11 is 28.2. The lowest BCUT2D eigenvalue weighted by Gasteiger charge is -2.39. The summed E-state index contributed by atoms with van der Waals surface area (Å²) in [4.78, 5) is 76.7. The fourth-order valence-electron chi connectivity index (χ4n) is 12.8. The van der Waals surface area contributed by atoms with Gasteiger partial charge in [-0.15, -0.1) is 0 Å². The monoisotopic (exact) mass is 1570 g/mol. The van der Waals surface area contributed by atoms with Crippen molar-refractivity contribution in [3.05, 3.63) is 164 Å². The van der Waals surface area contributed by atoms with Crippen LogP contribution in [0.15, 0.2) is 122 Å². The summed E-state index contributed by atoms with van der Waals surface area (Å²) in [6.07, 6.45) is -0.0585. The summed E-state index contributed by atoms with van der Waals surface area (Å²) in [6, 6.07) is 32.5. The summed E-state index contributed by atoms with van der Waals surface area (Å²) < 4.78 is 84.9. The molecule has 2 aliphatic rings. The fourth-order valence-corrected chi connectivity index (χ4v) is 14.1. The molecule has 0 radical (unpaired) electrons. The van der Waals surface area contributed by atoms with Crippen molar-refractivity contribution in [3.8, 4) is 90.5 Å². The number of hydrogen-bond acceptors (Lipinski definition) is 16. The zero-order valence-electron chi connectivity index (χ0n) is 62.4. The summed E-state index contributed by atoms with van der Waals surface area (Å²) in [5.41, 5.74) is 8.69. The molecule has 28 heteroatoms. The number of piperidine rings is 2. The molecule has 10 rings (SSSR count). The van der Waals surface area contributed by atoms with Crippen LogP contribution in [0.1, 0.15) is 103 Å². The van der Waals surface area contributed by atoms with Crippen LogP contribution in [0.2, 0.25) is 20.1 Å². The van der Waals surface area contributed by atoms with E-state index in [0.29, 0.717) is 185 Å². The molecule has 0 atom stereocenters. The molecule has 20 nitrogen and oxygen atoms in total. The van der Waals surface area contributed by atoms with E-state index in [4.69, 9.17) is 84.8 Å². The molecule has 4 aromatic heterocycles. The molecule has 2 saturated heterocycles. The lowest BCUT2D eigenvalue weighted by Crippen LogP contribution is -2.49. The van der Waals surface area contributed by atoms with Gasteiger partial charge in [0.2, 0.25) is 23.6 Å². The fraction of sp³-hybridized carbons (Fsp3) is 0.400. The van der Waals surface area contributed by atoms with E-state index in [0.717, 1.165) is 0 Å². The zero-order chi connectivity index (χ0) is 78.3. The maximum Gasteiger partial charge on any atom is 0.410 e. The number of halogens is 8. The van der Waals surface area contributed by atoms with Gasteiger partial charge in [0, 0.05) is 144 Å². The van der Waals surface area contributed by atoms with Crippen molar-refractivity contribution in [2.24, 2.45) is 0 Å². The Balaban J connectivity index is 0.000000249. The Bertz CT molecular complexity index is 4220. The number of pyridine rings is 4. The van der Waals surface area contributed by atoms with Gasteiger partial charge < -0.3 is 58.7 Å². The summed E-state index contributed by atoms with van der Waals surface area (Å²) in [5, 5.41) is 6.97. The van der Waals surface area contributed by atoms with Crippen LogP contribution in [-0.4, -0.2) is 167 Å². The second-order valence-corrected chi connectivity index (χ2v) is 29.4. The van der Waals surface area contributed by atoms with Crippen LogP contribution in [0, 0.1) is 0 Å². The number of rotatable bonds is 24. The minimum atomic E-state index is -2.46. The van der Waals surface area contributed by atoms with E-state index in [9.17, 15) is 36.7 Å². The van der Waals surface area contributed by atoms with Crippen LogP contribution in [0.3, 0.4) is 0 Å². The Labute approximate surface area is 647 Å². The smallest absolute Gasteiger partial charge is 0.410 e. The highest BCUT2D eigenvalue weighted by atomic mass is 35.5. The van der Waals surface area contributed by atoms with Crippen LogP contribution >= 0.6 is 46.4 Å². The number of likely N-dealkylation sites (tertiary alicyclic amines) is 2. The van der Waals surface area contributed by atoms with Crippen LogP contribution in [-0.2, 0) is 45.2 Å². The van der Waals surface area contributed by atoms with Crippen LogP contribution in [0.5, 0.6) is 23.3 Å². The van der Waals surface area contributed by atoms with Gasteiger partial charge in [-0.2, -0.15) is 0 Å². The molecule has 0 spiro atoms. The SMILES string of the molecule is COc1cc(-c2nccc(-c3cccc(-c4ccc(CN(C(=O)OC(C)(C)C)C5CCN(C(C)=O)CC5)c(OC)n4)c3Cl)c2Cl)ccc1CNCC(F)F.COc1cc(-c2nccc(-c3cccc(-c4ccc(CN(C(=O)OC(C)(C)C)C5CCN(C(C)=O)CC5)c(OC)n4)c3Cl)c2Cl)ccc1CNCC(F)F. The molecule has 0 aliphatic carbocycles. The topological polar surface area (TPSA) is 212 Å². The highest BCUT2D eigenvalue weighted by molar-refractivity contribution is 6.40. The second-order valence-electron chi connectivity index (χ2n) is 27.9.